The van der Waals surface area contributed by atoms with Gasteiger partial charge in [0.05, 0.1) is 12.2 Å². The molecule has 4 nitrogen and oxygen atoms in total. The van der Waals surface area contributed by atoms with Gasteiger partial charge in [-0.3, -0.25) is 0 Å². The van der Waals surface area contributed by atoms with Gasteiger partial charge in [-0.05, 0) is 63.2 Å². The molecule has 25 heavy (non-hydrogen) atoms. The van der Waals surface area contributed by atoms with E-state index in [1.54, 1.807) is 11.3 Å². The van der Waals surface area contributed by atoms with Crippen LogP contribution in [-0.2, 0) is 17.6 Å². The summed E-state index contributed by atoms with van der Waals surface area (Å²) in [6.45, 7) is 8.42. The molecule has 2 rings (SSSR count). The van der Waals surface area contributed by atoms with Crippen LogP contribution < -0.4 is 5.32 Å². The highest BCUT2D eigenvalue weighted by Gasteiger charge is 2.26. The van der Waals surface area contributed by atoms with Crippen molar-refractivity contribution in [2.75, 3.05) is 25.0 Å². The van der Waals surface area contributed by atoms with Gasteiger partial charge in [0.1, 0.15) is 5.00 Å². The molecule has 1 aliphatic rings. The van der Waals surface area contributed by atoms with E-state index in [2.05, 4.69) is 24.1 Å². The van der Waals surface area contributed by atoms with Gasteiger partial charge in [0.2, 0.25) is 0 Å². The number of anilines is 1. The van der Waals surface area contributed by atoms with Crippen molar-refractivity contribution in [2.24, 2.45) is 0 Å². The molecule has 1 heterocycles. The molecule has 0 bridgehead atoms. The zero-order valence-corrected chi connectivity index (χ0v) is 17.3. The van der Waals surface area contributed by atoms with E-state index < -0.39 is 0 Å². The Bertz CT molecular complexity index is 592. The van der Waals surface area contributed by atoms with Crippen molar-refractivity contribution in [3.8, 4) is 0 Å². The lowest BCUT2D eigenvalue weighted by Crippen LogP contribution is -2.36. The van der Waals surface area contributed by atoms with E-state index in [1.807, 2.05) is 6.92 Å². The number of hydrogen-bond donors (Lipinski definition) is 1. The Hall–Kier alpha value is -1.14. The minimum Gasteiger partial charge on any atom is -0.462 e. The Balaban J connectivity index is 2.29. The lowest BCUT2D eigenvalue weighted by molar-refractivity contribution is 0.0527. The van der Waals surface area contributed by atoms with E-state index in [9.17, 15) is 4.79 Å². The third-order valence-corrected chi connectivity index (χ3v) is 5.96. The van der Waals surface area contributed by atoms with Gasteiger partial charge in [0.25, 0.3) is 0 Å². The zero-order valence-electron chi connectivity index (χ0n) is 15.7. The Morgan fingerprint density at radius 3 is 2.48 bits per heavy atom. The number of nitrogens with zero attached hydrogens (tertiary/aromatic N) is 1. The number of aryl methyl sites for hydroxylation is 1. The fraction of sp³-hybridized carbons (Fsp3) is 0.684. The molecule has 1 N–H and O–H groups in total. The predicted octanol–water partition coefficient (Wildman–Crippen LogP) is 5.01. The summed E-state index contributed by atoms with van der Waals surface area (Å²) < 4.78 is 5.34. The molecule has 1 aromatic heterocycles. The molecule has 0 unspecified atom stereocenters. The van der Waals surface area contributed by atoms with Crippen LogP contribution in [0.25, 0.3) is 0 Å². The monoisotopic (exact) mass is 382 g/mol. The van der Waals surface area contributed by atoms with E-state index in [0.29, 0.717) is 11.7 Å². The Labute approximate surface area is 160 Å². The summed E-state index contributed by atoms with van der Waals surface area (Å²) in [5.41, 5.74) is 1.91. The number of hydrogen-bond acceptors (Lipinski definition) is 4. The Kier molecular flexibility index (Phi) is 8.16. The molecule has 0 spiro atoms. The highest BCUT2D eigenvalue weighted by molar-refractivity contribution is 7.80. The summed E-state index contributed by atoms with van der Waals surface area (Å²) in [5, 5.41) is 4.95. The topological polar surface area (TPSA) is 41.6 Å². The van der Waals surface area contributed by atoms with E-state index in [-0.39, 0.29) is 5.97 Å². The Morgan fingerprint density at radius 2 is 1.84 bits per heavy atom. The van der Waals surface area contributed by atoms with Gasteiger partial charge in [-0.25, -0.2) is 4.79 Å². The predicted molar refractivity (Wildman–Crippen MR) is 110 cm³/mol. The van der Waals surface area contributed by atoms with Crippen molar-refractivity contribution in [3.63, 3.8) is 0 Å². The molecule has 0 radical (unpaired) electrons. The number of carbonyl (C=O) groups is 1. The van der Waals surface area contributed by atoms with Crippen LogP contribution >= 0.6 is 23.6 Å². The Morgan fingerprint density at radius 1 is 1.16 bits per heavy atom. The number of carbonyl (C=O) groups excluding carboxylic acids is 1. The number of thiocarbonyl (C=S) groups is 1. The molecule has 0 saturated heterocycles. The van der Waals surface area contributed by atoms with E-state index in [0.717, 1.165) is 55.8 Å². The zero-order chi connectivity index (χ0) is 18.2. The minimum absolute atomic E-state index is 0.218. The molecule has 0 atom stereocenters. The van der Waals surface area contributed by atoms with Crippen LogP contribution in [-0.4, -0.2) is 35.7 Å². The molecule has 0 aliphatic heterocycles. The quantitative estimate of drug-likeness (QED) is 0.408. The largest absolute Gasteiger partial charge is 0.462 e. The maximum absolute atomic E-state index is 12.6. The van der Waals surface area contributed by atoms with Crippen LogP contribution in [0.15, 0.2) is 0 Å². The van der Waals surface area contributed by atoms with Crippen molar-refractivity contribution in [1.82, 2.24) is 4.90 Å². The first-order valence-corrected chi connectivity index (χ1v) is 10.7. The van der Waals surface area contributed by atoms with Crippen LogP contribution in [0, 0.1) is 0 Å². The summed E-state index contributed by atoms with van der Waals surface area (Å²) in [6.07, 6.45) is 7.67. The smallest absolute Gasteiger partial charge is 0.341 e. The average Bonchev–Trinajstić information content (AvgIpc) is 2.75. The average molecular weight is 383 g/mol. The van der Waals surface area contributed by atoms with Gasteiger partial charge < -0.3 is 15.0 Å². The fourth-order valence-corrected chi connectivity index (χ4v) is 4.91. The second-order valence-electron chi connectivity index (χ2n) is 6.41. The molecular weight excluding hydrogens is 352 g/mol. The third kappa shape index (κ3) is 5.17. The number of fused-ring (bicyclic) bond motifs is 1. The number of ether oxygens (including phenoxy) is 1. The highest BCUT2D eigenvalue weighted by atomic mass is 32.1. The first-order valence-electron chi connectivity index (χ1n) is 9.49. The van der Waals surface area contributed by atoms with Gasteiger partial charge in [-0.2, -0.15) is 0 Å². The van der Waals surface area contributed by atoms with E-state index in [1.165, 1.54) is 23.3 Å². The maximum atomic E-state index is 12.6. The normalized spacial score (nSPS) is 13.7. The highest BCUT2D eigenvalue weighted by Crippen LogP contribution is 2.38. The fourth-order valence-electron chi connectivity index (χ4n) is 3.28. The molecule has 6 heteroatoms. The first kappa shape index (κ1) is 20.2. The minimum atomic E-state index is -0.218. The van der Waals surface area contributed by atoms with Gasteiger partial charge in [0.15, 0.2) is 5.11 Å². The van der Waals surface area contributed by atoms with Gasteiger partial charge in [-0.15, -0.1) is 11.3 Å². The summed E-state index contributed by atoms with van der Waals surface area (Å²) in [7, 11) is 0. The van der Waals surface area contributed by atoms with Crippen LogP contribution in [0.5, 0.6) is 0 Å². The third-order valence-electron chi connectivity index (χ3n) is 4.40. The first-order chi connectivity index (χ1) is 12.1. The number of nitrogens with one attached hydrogen (secondary N) is 1. The van der Waals surface area contributed by atoms with Crippen LogP contribution in [0.4, 0.5) is 5.00 Å². The standard InChI is InChI=1S/C19H30N2O2S2/c1-4-12-21(13-5-2)19(24)20-17-16(18(22)23-6-3)14-10-8-7-9-11-15(14)25-17/h4-13H2,1-3H3,(H,20,24). The van der Waals surface area contributed by atoms with Crippen LogP contribution in [0.3, 0.4) is 0 Å². The SMILES string of the molecule is CCCN(CCC)C(=S)Nc1sc2c(c1C(=O)OCC)CCCCC2. The summed E-state index contributed by atoms with van der Waals surface area (Å²) in [6, 6.07) is 0. The molecule has 1 aliphatic carbocycles. The van der Waals surface area contributed by atoms with Gasteiger partial charge >= 0.3 is 5.97 Å². The molecule has 0 saturated carbocycles. The van der Waals surface area contributed by atoms with Crippen molar-refractivity contribution >= 4 is 39.6 Å². The number of rotatable bonds is 7. The molecule has 1 aromatic rings. The second-order valence-corrected chi connectivity index (χ2v) is 7.90. The van der Waals surface area contributed by atoms with E-state index in [4.69, 9.17) is 17.0 Å². The summed E-state index contributed by atoms with van der Waals surface area (Å²) in [4.78, 5) is 16.1. The van der Waals surface area contributed by atoms with E-state index >= 15 is 0 Å². The van der Waals surface area contributed by atoms with Crippen LogP contribution in [0.2, 0.25) is 0 Å². The second kappa shape index (κ2) is 10.1. The summed E-state index contributed by atoms with van der Waals surface area (Å²) in [5.74, 6) is -0.218. The lowest BCUT2D eigenvalue weighted by Gasteiger charge is -2.24. The summed E-state index contributed by atoms with van der Waals surface area (Å²) >= 11 is 7.32. The van der Waals surface area contributed by atoms with Gasteiger partial charge in [0, 0.05) is 18.0 Å². The number of esters is 1. The van der Waals surface area contributed by atoms with Crippen LogP contribution in [0.1, 0.15) is 73.7 Å². The molecule has 0 aromatic carbocycles. The van der Waals surface area contributed by atoms with Crippen molar-refractivity contribution in [2.45, 2.75) is 65.7 Å². The lowest BCUT2D eigenvalue weighted by atomic mass is 10.1. The van der Waals surface area contributed by atoms with Crippen molar-refractivity contribution in [1.29, 1.82) is 0 Å². The van der Waals surface area contributed by atoms with Crippen molar-refractivity contribution in [3.05, 3.63) is 16.0 Å². The maximum Gasteiger partial charge on any atom is 0.341 e. The molecule has 140 valence electrons. The van der Waals surface area contributed by atoms with Crippen molar-refractivity contribution < 1.29 is 9.53 Å². The molecule has 0 amide bonds. The molecule has 0 fully saturated rings. The van der Waals surface area contributed by atoms with Gasteiger partial charge in [-0.1, -0.05) is 20.3 Å². The molecular formula is C19H30N2O2S2. The number of thiophene rings is 1.